The molecule has 1 rings (SSSR count). The van der Waals surface area contributed by atoms with Gasteiger partial charge in [-0.1, -0.05) is 6.92 Å². The minimum Gasteiger partial charge on any atom is -0.462 e. The molecule has 1 heterocycles. The van der Waals surface area contributed by atoms with Gasteiger partial charge < -0.3 is 19.7 Å². The largest absolute Gasteiger partial charge is 0.462 e. The number of nitrogens with zero attached hydrogens (tertiary/aromatic N) is 3. The van der Waals surface area contributed by atoms with Crippen molar-refractivity contribution in [3.8, 4) is 0 Å². The average molecular weight is 389 g/mol. The molecule has 0 aliphatic rings. The highest BCUT2D eigenvalue weighted by molar-refractivity contribution is 5.69. The number of aliphatic hydroxyl groups excluding tert-OH is 2. The Morgan fingerprint density at radius 2 is 1.37 bits per heavy atom. The van der Waals surface area contributed by atoms with Crippen LogP contribution in [-0.4, -0.2) is 61.3 Å². The van der Waals surface area contributed by atoms with Crippen molar-refractivity contribution in [3.05, 3.63) is 31.5 Å². The average Bonchev–Trinajstić information content (AvgIpc) is 2.63. The van der Waals surface area contributed by atoms with E-state index in [2.05, 4.69) is 4.74 Å². The summed E-state index contributed by atoms with van der Waals surface area (Å²) in [4.78, 5) is 60.1. The van der Waals surface area contributed by atoms with Gasteiger partial charge in [-0.2, -0.15) is 0 Å². The Hall–Kier alpha value is -2.73. The molecule has 0 amide bonds. The Morgan fingerprint density at radius 3 is 1.78 bits per heavy atom. The molecule has 12 heteroatoms. The highest BCUT2D eigenvalue weighted by Gasteiger charge is 2.19. The molecule has 0 saturated carbocycles. The van der Waals surface area contributed by atoms with E-state index < -0.39 is 54.3 Å². The van der Waals surface area contributed by atoms with Crippen LogP contribution in [0, 0.1) is 0 Å². The van der Waals surface area contributed by atoms with Crippen LogP contribution in [0.5, 0.6) is 0 Å². The van der Waals surface area contributed by atoms with Gasteiger partial charge in [0.15, 0.2) is 0 Å². The second-order valence-corrected chi connectivity index (χ2v) is 5.86. The molecule has 0 bridgehead atoms. The fourth-order valence-corrected chi connectivity index (χ4v) is 1.89. The van der Waals surface area contributed by atoms with E-state index >= 15 is 0 Å². The number of aliphatic hydroxyl groups is 2. The fraction of sp³-hybridized carbons (Fsp3) is 0.667. The molecular formula is C15H23N3O9. The minimum atomic E-state index is -1.19. The predicted molar refractivity (Wildman–Crippen MR) is 90.1 cm³/mol. The lowest BCUT2D eigenvalue weighted by Crippen LogP contribution is -2.55. The molecular weight excluding hydrogens is 366 g/mol. The summed E-state index contributed by atoms with van der Waals surface area (Å²) in [6.45, 7) is 0.799. The third-order valence-corrected chi connectivity index (χ3v) is 3.47. The summed E-state index contributed by atoms with van der Waals surface area (Å²) in [6.07, 6.45) is -1.48. The summed E-state index contributed by atoms with van der Waals surface area (Å²) in [5.74, 6) is -1.95. The van der Waals surface area contributed by atoms with E-state index in [1.54, 1.807) is 6.92 Å². The highest BCUT2D eigenvalue weighted by atomic mass is 16.5. The number of esters is 2. The van der Waals surface area contributed by atoms with Crippen LogP contribution in [0.15, 0.2) is 14.4 Å². The lowest BCUT2D eigenvalue weighted by atomic mass is 10.3. The predicted octanol–water partition coefficient (Wildman–Crippen LogP) is -3.05. The number of aromatic nitrogens is 3. The summed E-state index contributed by atoms with van der Waals surface area (Å²) in [5.41, 5.74) is -3.32. The van der Waals surface area contributed by atoms with Crippen molar-refractivity contribution < 1.29 is 29.3 Å². The standard InChI is InChI=1S/C15H23N3O9/c1-4-10(20)8-27-12(22)6-18-14(24)16(3)13(23)17(15(18)25)5-11(21)26-7-9(2)19/h9-10,19-20H,4-8H2,1-3H3. The summed E-state index contributed by atoms with van der Waals surface area (Å²) in [7, 11) is 1.07. The topological polar surface area (TPSA) is 159 Å². The second-order valence-electron chi connectivity index (χ2n) is 5.86. The van der Waals surface area contributed by atoms with Crippen molar-refractivity contribution in [3.63, 3.8) is 0 Å². The number of rotatable bonds is 9. The maximum Gasteiger partial charge on any atom is 0.337 e. The maximum absolute atomic E-state index is 12.4. The molecule has 0 aliphatic carbocycles. The van der Waals surface area contributed by atoms with Crippen molar-refractivity contribution in [2.45, 2.75) is 45.6 Å². The van der Waals surface area contributed by atoms with Crippen LogP contribution in [0.3, 0.4) is 0 Å². The first kappa shape index (κ1) is 22.3. The summed E-state index contributed by atoms with van der Waals surface area (Å²) < 4.78 is 10.9. The quantitative estimate of drug-likeness (QED) is 0.418. The Balaban J connectivity index is 3.10. The molecule has 27 heavy (non-hydrogen) atoms. The van der Waals surface area contributed by atoms with Gasteiger partial charge >= 0.3 is 29.0 Å². The van der Waals surface area contributed by atoms with Crippen LogP contribution in [0.25, 0.3) is 0 Å². The molecule has 0 spiro atoms. The number of carbonyl (C=O) groups is 2. The Kier molecular flexibility index (Phi) is 8.12. The van der Waals surface area contributed by atoms with Crippen molar-refractivity contribution in [1.82, 2.24) is 13.7 Å². The number of carbonyl (C=O) groups excluding carboxylic acids is 2. The van der Waals surface area contributed by atoms with E-state index in [0.29, 0.717) is 20.1 Å². The summed E-state index contributed by atoms with van der Waals surface area (Å²) >= 11 is 0. The van der Waals surface area contributed by atoms with E-state index in [9.17, 15) is 29.1 Å². The van der Waals surface area contributed by atoms with Gasteiger partial charge in [-0.3, -0.25) is 9.59 Å². The third-order valence-electron chi connectivity index (χ3n) is 3.47. The lowest BCUT2D eigenvalue weighted by Gasteiger charge is -2.12. The van der Waals surface area contributed by atoms with Crippen LogP contribution in [0.1, 0.15) is 20.3 Å². The first-order valence-corrected chi connectivity index (χ1v) is 8.16. The van der Waals surface area contributed by atoms with E-state index in [4.69, 9.17) is 9.84 Å². The van der Waals surface area contributed by atoms with Crippen LogP contribution in [-0.2, 0) is 39.2 Å². The lowest BCUT2D eigenvalue weighted by molar-refractivity contribution is -0.147. The summed E-state index contributed by atoms with van der Waals surface area (Å²) in [6, 6.07) is 0. The van der Waals surface area contributed by atoms with E-state index in [1.165, 1.54) is 6.92 Å². The molecule has 0 radical (unpaired) electrons. The molecule has 2 atom stereocenters. The van der Waals surface area contributed by atoms with Gasteiger partial charge in [-0.05, 0) is 13.3 Å². The minimum absolute atomic E-state index is 0.310. The molecule has 1 aromatic rings. The van der Waals surface area contributed by atoms with Gasteiger partial charge in [0.2, 0.25) is 0 Å². The number of hydrogen-bond acceptors (Lipinski definition) is 9. The van der Waals surface area contributed by atoms with Gasteiger partial charge in [-0.25, -0.2) is 28.1 Å². The van der Waals surface area contributed by atoms with E-state index in [-0.39, 0.29) is 13.2 Å². The number of ether oxygens (including phenoxy) is 2. The maximum atomic E-state index is 12.4. The van der Waals surface area contributed by atoms with Crippen molar-refractivity contribution >= 4 is 11.9 Å². The molecule has 12 nitrogen and oxygen atoms in total. The molecule has 152 valence electrons. The zero-order valence-corrected chi connectivity index (χ0v) is 15.3. The van der Waals surface area contributed by atoms with Gasteiger partial charge in [0.05, 0.1) is 12.2 Å². The molecule has 1 aromatic heterocycles. The molecule has 2 N–H and O–H groups in total. The molecule has 0 fully saturated rings. The van der Waals surface area contributed by atoms with Crippen LogP contribution in [0.4, 0.5) is 0 Å². The zero-order valence-electron chi connectivity index (χ0n) is 15.3. The summed E-state index contributed by atoms with van der Waals surface area (Å²) in [5, 5.41) is 18.5. The molecule has 0 aliphatic heterocycles. The van der Waals surface area contributed by atoms with Gasteiger partial charge in [0, 0.05) is 7.05 Å². The van der Waals surface area contributed by atoms with Crippen molar-refractivity contribution in [1.29, 1.82) is 0 Å². The second kappa shape index (κ2) is 9.83. The first-order chi connectivity index (χ1) is 12.6. The van der Waals surface area contributed by atoms with Gasteiger partial charge in [0.1, 0.15) is 26.3 Å². The van der Waals surface area contributed by atoms with Crippen molar-refractivity contribution in [2.75, 3.05) is 13.2 Å². The van der Waals surface area contributed by atoms with Crippen LogP contribution >= 0.6 is 0 Å². The van der Waals surface area contributed by atoms with Crippen molar-refractivity contribution in [2.24, 2.45) is 7.05 Å². The molecule has 2 unspecified atom stereocenters. The molecule has 0 aromatic carbocycles. The fourth-order valence-electron chi connectivity index (χ4n) is 1.89. The first-order valence-electron chi connectivity index (χ1n) is 8.16. The third kappa shape index (κ3) is 6.18. The van der Waals surface area contributed by atoms with Gasteiger partial charge in [-0.15, -0.1) is 0 Å². The van der Waals surface area contributed by atoms with E-state index in [1.807, 2.05) is 0 Å². The normalized spacial score (nSPS) is 13.1. The number of hydrogen-bond donors (Lipinski definition) is 2. The smallest absolute Gasteiger partial charge is 0.337 e. The van der Waals surface area contributed by atoms with Crippen LogP contribution in [0.2, 0.25) is 0 Å². The van der Waals surface area contributed by atoms with E-state index in [0.717, 1.165) is 7.05 Å². The Bertz CT molecular complexity index is 850. The zero-order chi connectivity index (χ0) is 20.7. The Labute approximate surface area is 153 Å². The van der Waals surface area contributed by atoms with Gasteiger partial charge in [0.25, 0.3) is 0 Å². The SMILES string of the molecule is CCC(O)COC(=O)Cn1c(=O)n(C)c(=O)n(CC(=O)OCC(C)O)c1=O. The highest BCUT2D eigenvalue weighted by Crippen LogP contribution is 1.92. The Morgan fingerprint density at radius 1 is 0.926 bits per heavy atom. The monoisotopic (exact) mass is 389 g/mol. The molecule has 0 saturated heterocycles. The van der Waals surface area contributed by atoms with Crippen LogP contribution < -0.4 is 17.1 Å².